The number of nitrogens with one attached hydrogen (secondary N) is 1. The third-order valence-electron chi connectivity index (χ3n) is 3.37. The summed E-state index contributed by atoms with van der Waals surface area (Å²) in [4.78, 5) is 17.7. The van der Waals surface area contributed by atoms with E-state index in [1.54, 1.807) is 23.5 Å². The molecule has 110 valence electrons. The number of nitrogens with two attached hydrogens (primary N) is 1. The van der Waals surface area contributed by atoms with Gasteiger partial charge in [0.15, 0.2) is 11.7 Å². The lowest BCUT2D eigenvalue weighted by Crippen LogP contribution is -2.20. The minimum absolute atomic E-state index is 0.0710. The third-order valence-corrected chi connectivity index (χ3v) is 4.44. The van der Waals surface area contributed by atoms with Crippen LogP contribution in [0.25, 0.3) is 0 Å². The Hall–Kier alpha value is -2.08. The Morgan fingerprint density at radius 1 is 1.33 bits per heavy atom. The number of hydrogen-bond acceptors (Lipinski definition) is 5. The molecule has 3 rings (SSSR count). The summed E-state index contributed by atoms with van der Waals surface area (Å²) in [5.41, 5.74) is 7.42. The molecule has 1 heterocycles. The largest absolute Gasteiger partial charge is 0.482 e. The summed E-state index contributed by atoms with van der Waals surface area (Å²) in [6, 6.07) is 7.12. The Kier molecular flexibility index (Phi) is 4.06. The fraction of sp³-hybridized carbons (Fsp3) is 0.333. The van der Waals surface area contributed by atoms with E-state index in [2.05, 4.69) is 10.3 Å². The van der Waals surface area contributed by atoms with Crippen molar-refractivity contribution in [3.8, 4) is 5.75 Å². The van der Waals surface area contributed by atoms with Crippen molar-refractivity contribution in [3.05, 3.63) is 34.8 Å². The molecule has 1 amide bonds. The van der Waals surface area contributed by atoms with Crippen LogP contribution < -0.4 is 15.8 Å². The van der Waals surface area contributed by atoms with Crippen molar-refractivity contribution < 1.29 is 9.53 Å². The van der Waals surface area contributed by atoms with Crippen molar-refractivity contribution in [1.29, 1.82) is 0 Å². The fourth-order valence-electron chi connectivity index (χ4n) is 2.32. The van der Waals surface area contributed by atoms with Crippen LogP contribution in [0.3, 0.4) is 0 Å². The maximum Gasteiger partial charge on any atom is 0.264 e. The van der Waals surface area contributed by atoms with E-state index in [-0.39, 0.29) is 12.5 Å². The number of nitrogen functional groups attached to an aromatic ring is 1. The molecule has 1 aromatic carbocycles. The van der Waals surface area contributed by atoms with Crippen molar-refractivity contribution >= 4 is 28.1 Å². The number of fused-ring (bicyclic) bond motifs is 1. The quantitative estimate of drug-likeness (QED) is 0.851. The average Bonchev–Trinajstić information content (AvgIpc) is 2.88. The van der Waals surface area contributed by atoms with E-state index >= 15 is 0 Å². The minimum Gasteiger partial charge on any atom is -0.482 e. The van der Waals surface area contributed by atoms with Crippen molar-refractivity contribution in [2.45, 2.75) is 25.7 Å². The van der Waals surface area contributed by atoms with Crippen LogP contribution >= 0.6 is 11.3 Å². The highest BCUT2D eigenvalue weighted by Gasteiger charge is 2.16. The van der Waals surface area contributed by atoms with E-state index in [9.17, 15) is 4.79 Å². The van der Waals surface area contributed by atoms with Gasteiger partial charge in [-0.2, -0.15) is 0 Å². The van der Waals surface area contributed by atoms with E-state index in [1.165, 1.54) is 17.7 Å². The molecule has 3 N–H and O–H groups in total. The molecule has 6 heteroatoms. The molecule has 21 heavy (non-hydrogen) atoms. The highest BCUT2D eigenvalue weighted by Crippen LogP contribution is 2.29. The second-order valence-electron chi connectivity index (χ2n) is 4.97. The first-order chi connectivity index (χ1) is 10.2. The second kappa shape index (κ2) is 6.13. The van der Waals surface area contributed by atoms with Gasteiger partial charge in [-0.05, 0) is 37.8 Å². The normalized spacial score (nSPS) is 13.5. The lowest BCUT2D eigenvalue weighted by Gasteiger charge is -2.07. The zero-order chi connectivity index (χ0) is 14.7. The van der Waals surface area contributed by atoms with Gasteiger partial charge in [0.2, 0.25) is 0 Å². The number of anilines is 2. The first kappa shape index (κ1) is 13.9. The van der Waals surface area contributed by atoms with Gasteiger partial charge in [0.1, 0.15) is 5.75 Å². The average molecular weight is 303 g/mol. The van der Waals surface area contributed by atoms with Gasteiger partial charge in [-0.15, -0.1) is 11.3 Å². The fourth-order valence-corrected chi connectivity index (χ4v) is 3.38. The summed E-state index contributed by atoms with van der Waals surface area (Å²) in [5, 5.41) is 3.45. The lowest BCUT2D eigenvalue weighted by molar-refractivity contribution is -0.118. The van der Waals surface area contributed by atoms with Crippen LogP contribution in [0.5, 0.6) is 5.75 Å². The molecule has 0 radical (unpaired) electrons. The van der Waals surface area contributed by atoms with Gasteiger partial charge in [-0.25, -0.2) is 4.98 Å². The van der Waals surface area contributed by atoms with Crippen molar-refractivity contribution in [1.82, 2.24) is 4.98 Å². The minimum atomic E-state index is -0.218. The molecule has 0 bridgehead atoms. The number of carbonyl (C=O) groups is 1. The van der Waals surface area contributed by atoms with E-state index in [0.29, 0.717) is 16.6 Å². The summed E-state index contributed by atoms with van der Waals surface area (Å²) >= 11 is 1.57. The van der Waals surface area contributed by atoms with E-state index in [1.807, 2.05) is 12.1 Å². The maximum atomic E-state index is 11.9. The third kappa shape index (κ3) is 3.33. The lowest BCUT2D eigenvalue weighted by atomic mass is 10.0. The predicted molar refractivity (Wildman–Crippen MR) is 83.7 cm³/mol. The van der Waals surface area contributed by atoms with Crippen LogP contribution in [0.15, 0.2) is 24.3 Å². The molecule has 0 aliphatic heterocycles. The van der Waals surface area contributed by atoms with Gasteiger partial charge in [0.25, 0.3) is 5.91 Å². The van der Waals surface area contributed by atoms with Gasteiger partial charge >= 0.3 is 0 Å². The first-order valence-electron chi connectivity index (χ1n) is 6.98. The van der Waals surface area contributed by atoms with Crippen LogP contribution in [0.2, 0.25) is 0 Å². The zero-order valence-electron chi connectivity index (χ0n) is 11.6. The Labute approximate surface area is 127 Å². The number of benzene rings is 1. The molecular formula is C15H17N3O2S. The van der Waals surface area contributed by atoms with Crippen molar-refractivity contribution in [2.75, 3.05) is 17.7 Å². The molecule has 0 unspecified atom stereocenters. The van der Waals surface area contributed by atoms with Gasteiger partial charge in [0, 0.05) is 4.88 Å². The second-order valence-corrected chi connectivity index (χ2v) is 6.05. The summed E-state index contributed by atoms with van der Waals surface area (Å²) in [5.74, 6) is 0.301. The van der Waals surface area contributed by atoms with Crippen LogP contribution in [-0.4, -0.2) is 17.5 Å². The topological polar surface area (TPSA) is 77.2 Å². The Morgan fingerprint density at radius 3 is 2.95 bits per heavy atom. The Morgan fingerprint density at radius 2 is 2.14 bits per heavy atom. The SMILES string of the molecule is Nc1ccccc1OCC(=O)Nc1nc2c(s1)CCCC2. The molecule has 0 fully saturated rings. The molecule has 1 aliphatic carbocycles. The van der Waals surface area contributed by atoms with Crippen molar-refractivity contribution in [3.63, 3.8) is 0 Å². The predicted octanol–water partition coefficient (Wildman–Crippen LogP) is 2.62. The number of carbonyl (C=O) groups excluding carboxylic acids is 1. The van der Waals surface area contributed by atoms with Gasteiger partial charge in [0.05, 0.1) is 11.4 Å². The van der Waals surface area contributed by atoms with E-state index < -0.39 is 0 Å². The van der Waals surface area contributed by atoms with Crippen molar-refractivity contribution in [2.24, 2.45) is 0 Å². The molecule has 0 atom stereocenters. The number of aryl methyl sites for hydroxylation is 2. The van der Waals surface area contributed by atoms with Gasteiger partial charge < -0.3 is 10.5 Å². The van der Waals surface area contributed by atoms with E-state index in [4.69, 9.17) is 10.5 Å². The molecule has 0 saturated carbocycles. The molecule has 5 nitrogen and oxygen atoms in total. The molecule has 1 aromatic heterocycles. The molecular weight excluding hydrogens is 286 g/mol. The number of para-hydroxylation sites is 2. The molecule has 2 aromatic rings. The number of nitrogens with zero attached hydrogens (tertiary/aromatic N) is 1. The summed E-state index contributed by atoms with van der Waals surface area (Å²) in [6.45, 7) is -0.0710. The summed E-state index contributed by atoms with van der Waals surface area (Å²) < 4.78 is 5.41. The van der Waals surface area contributed by atoms with Crippen LogP contribution in [0, 0.1) is 0 Å². The van der Waals surface area contributed by atoms with Gasteiger partial charge in [-0.3, -0.25) is 10.1 Å². The molecule has 0 spiro atoms. The number of ether oxygens (including phenoxy) is 1. The molecule has 0 saturated heterocycles. The Bertz CT molecular complexity index is 631. The standard InChI is InChI=1S/C15H17N3O2S/c16-10-5-1-3-7-12(10)20-9-14(19)18-15-17-11-6-2-4-8-13(11)21-15/h1,3,5,7H,2,4,6,8-9,16H2,(H,17,18,19). The Balaban J connectivity index is 1.57. The highest BCUT2D eigenvalue weighted by atomic mass is 32.1. The summed E-state index contributed by atoms with van der Waals surface area (Å²) in [7, 11) is 0. The molecule has 1 aliphatic rings. The number of amides is 1. The van der Waals surface area contributed by atoms with Gasteiger partial charge in [-0.1, -0.05) is 12.1 Å². The highest BCUT2D eigenvalue weighted by molar-refractivity contribution is 7.15. The zero-order valence-corrected chi connectivity index (χ0v) is 12.4. The number of aromatic nitrogens is 1. The monoisotopic (exact) mass is 303 g/mol. The maximum absolute atomic E-state index is 11.9. The number of rotatable bonds is 4. The number of hydrogen-bond donors (Lipinski definition) is 2. The first-order valence-corrected chi connectivity index (χ1v) is 7.80. The van der Waals surface area contributed by atoms with Crippen LogP contribution in [-0.2, 0) is 17.6 Å². The smallest absolute Gasteiger partial charge is 0.264 e. The van der Waals surface area contributed by atoms with E-state index in [0.717, 1.165) is 18.5 Å². The van der Waals surface area contributed by atoms with Crippen LogP contribution in [0.4, 0.5) is 10.8 Å². The van der Waals surface area contributed by atoms with Crippen LogP contribution in [0.1, 0.15) is 23.4 Å². The summed E-state index contributed by atoms with van der Waals surface area (Å²) in [6.07, 6.45) is 4.47. The number of thiazole rings is 1.